The molecule has 1 amide bonds. The van der Waals surface area contributed by atoms with E-state index < -0.39 is 5.91 Å². The van der Waals surface area contributed by atoms with Crippen LogP contribution in [0, 0.1) is 0 Å². The molecule has 10 heavy (non-hydrogen) atoms. The van der Waals surface area contributed by atoms with Gasteiger partial charge in [-0.05, 0) is 6.92 Å². The highest BCUT2D eigenvalue weighted by atomic mass is 16.1. The summed E-state index contributed by atoms with van der Waals surface area (Å²) < 4.78 is 0. The predicted molar refractivity (Wildman–Crippen MR) is 42.3 cm³/mol. The number of amides is 1. The third kappa shape index (κ3) is 3.66. The molecule has 0 bridgehead atoms. The summed E-state index contributed by atoms with van der Waals surface area (Å²) in [5, 5.41) is 0. The molecule has 0 aromatic rings. The predicted octanol–water partition coefficient (Wildman–Crippen LogP) is 1.16. The molecule has 0 atom stereocenters. The molecule has 0 spiro atoms. The van der Waals surface area contributed by atoms with Crippen LogP contribution >= 0.6 is 0 Å². The lowest BCUT2D eigenvalue weighted by Crippen LogP contribution is -2.11. The molecular formula is C8H11NO. The summed E-state index contributed by atoms with van der Waals surface area (Å²) in [7, 11) is 0. The van der Waals surface area contributed by atoms with Crippen LogP contribution in [0.2, 0.25) is 0 Å². The summed E-state index contributed by atoms with van der Waals surface area (Å²) >= 11 is 0. The van der Waals surface area contributed by atoms with Gasteiger partial charge in [0, 0.05) is 5.57 Å². The Hall–Kier alpha value is -1.31. The van der Waals surface area contributed by atoms with Gasteiger partial charge in [0.25, 0.3) is 0 Å². The van der Waals surface area contributed by atoms with Gasteiger partial charge < -0.3 is 5.73 Å². The zero-order chi connectivity index (χ0) is 7.98. The molecule has 0 aliphatic rings. The Kier molecular flexibility index (Phi) is 3.96. The van der Waals surface area contributed by atoms with Crippen LogP contribution in [0.15, 0.2) is 36.5 Å². The van der Waals surface area contributed by atoms with E-state index in [4.69, 9.17) is 5.73 Å². The van der Waals surface area contributed by atoms with Crippen LogP contribution in [-0.2, 0) is 4.79 Å². The maximum Gasteiger partial charge on any atom is 0.248 e. The van der Waals surface area contributed by atoms with Crippen molar-refractivity contribution in [3.05, 3.63) is 36.5 Å². The van der Waals surface area contributed by atoms with Crippen molar-refractivity contribution in [2.75, 3.05) is 0 Å². The zero-order valence-electron chi connectivity index (χ0n) is 6.00. The fourth-order valence-corrected chi connectivity index (χ4v) is 0.365. The van der Waals surface area contributed by atoms with Gasteiger partial charge in [-0.15, -0.1) is 0 Å². The van der Waals surface area contributed by atoms with Crippen LogP contribution in [-0.4, -0.2) is 5.91 Å². The first-order chi connectivity index (χ1) is 4.68. The van der Waals surface area contributed by atoms with E-state index in [0.29, 0.717) is 5.57 Å². The highest BCUT2D eigenvalue weighted by Crippen LogP contribution is 1.90. The quantitative estimate of drug-likeness (QED) is 0.460. The highest BCUT2D eigenvalue weighted by Gasteiger charge is 1.92. The van der Waals surface area contributed by atoms with Gasteiger partial charge in [-0.1, -0.05) is 30.9 Å². The second-order valence-electron chi connectivity index (χ2n) is 1.77. The van der Waals surface area contributed by atoms with E-state index in [1.807, 2.05) is 13.0 Å². The molecule has 0 radical (unpaired) electrons. The van der Waals surface area contributed by atoms with Crippen LogP contribution < -0.4 is 5.73 Å². The average molecular weight is 137 g/mol. The number of hydrogen-bond acceptors (Lipinski definition) is 1. The number of hydrogen-bond donors (Lipinski definition) is 1. The molecule has 54 valence electrons. The summed E-state index contributed by atoms with van der Waals surface area (Å²) in [5.74, 6) is -0.485. The Morgan fingerprint density at radius 2 is 2.10 bits per heavy atom. The Labute approximate surface area is 60.7 Å². The standard InChI is InChI=1S/C8H11NO/c1-3-4-5-6-7(2)8(9)10/h3-6H,2H2,1H3,(H2,9,10)/b4-3+,6-5+. The van der Waals surface area contributed by atoms with Crippen molar-refractivity contribution < 1.29 is 4.79 Å². The average Bonchev–Trinajstić information content (AvgIpc) is 1.88. The molecule has 0 heterocycles. The summed E-state index contributed by atoms with van der Waals surface area (Å²) in [6.45, 7) is 5.32. The summed E-state index contributed by atoms with van der Waals surface area (Å²) in [5.41, 5.74) is 5.22. The molecule has 0 aromatic heterocycles. The van der Waals surface area contributed by atoms with Crippen LogP contribution in [0.1, 0.15) is 6.92 Å². The molecular weight excluding hydrogens is 126 g/mol. The van der Waals surface area contributed by atoms with Crippen molar-refractivity contribution in [3.8, 4) is 0 Å². The molecule has 0 aliphatic heterocycles. The van der Waals surface area contributed by atoms with E-state index in [-0.39, 0.29) is 0 Å². The SMILES string of the molecule is C=C(/C=C/C=C/C)C(N)=O. The van der Waals surface area contributed by atoms with Gasteiger partial charge >= 0.3 is 0 Å². The van der Waals surface area contributed by atoms with Crippen molar-refractivity contribution in [3.63, 3.8) is 0 Å². The second kappa shape index (κ2) is 4.56. The van der Waals surface area contributed by atoms with Crippen molar-refractivity contribution in [1.82, 2.24) is 0 Å². The minimum atomic E-state index is -0.485. The lowest BCUT2D eigenvalue weighted by atomic mass is 10.2. The largest absolute Gasteiger partial charge is 0.366 e. The molecule has 0 aromatic carbocycles. The molecule has 0 aliphatic carbocycles. The number of nitrogens with two attached hydrogens (primary N) is 1. The molecule has 0 saturated carbocycles. The molecule has 0 rings (SSSR count). The monoisotopic (exact) mass is 137 g/mol. The van der Waals surface area contributed by atoms with Crippen molar-refractivity contribution in [1.29, 1.82) is 0 Å². The molecule has 2 heteroatoms. The Balaban J connectivity index is 3.90. The first kappa shape index (κ1) is 8.69. The molecule has 0 fully saturated rings. The van der Waals surface area contributed by atoms with Gasteiger partial charge in [-0.3, -0.25) is 4.79 Å². The van der Waals surface area contributed by atoms with Gasteiger partial charge in [0.1, 0.15) is 0 Å². The lowest BCUT2D eigenvalue weighted by molar-refractivity contribution is -0.114. The number of carbonyl (C=O) groups is 1. The third-order valence-electron chi connectivity index (χ3n) is 0.917. The van der Waals surface area contributed by atoms with E-state index in [0.717, 1.165) is 0 Å². The van der Waals surface area contributed by atoms with E-state index in [2.05, 4.69) is 6.58 Å². The van der Waals surface area contributed by atoms with E-state index in [1.165, 1.54) is 0 Å². The lowest BCUT2D eigenvalue weighted by Gasteiger charge is -1.87. The van der Waals surface area contributed by atoms with E-state index in [1.54, 1.807) is 18.2 Å². The minimum absolute atomic E-state index is 0.318. The fraction of sp³-hybridized carbons (Fsp3) is 0.125. The van der Waals surface area contributed by atoms with Gasteiger partial charge in [0.05, 0.1) is 0 Å². The molecule has 0 unspecified atom stereocenters. The Morgan fingerprint density at radius 3 is 2.50 bits per heavy atom. The van der Waals surface area contributed by atoms with Gasteiger partial charge in [-0.2, -0.15) is 0 Å². The van der Waals surface area contributed by atoms with Crippen LogP contribution in [0.5, 0.6) is 0 Å². The molecule has 2 nitrogen and oxygen atoms in total. The Morgan fingerprint density at radius 1 is 1.50 bits per heavy atom. The Bertz CT molecular complexity index is 189. The van der Waals surface area contributed by atoms with Crippen molar-refractivity contribution in [2.45, 2.75) is 6.92 Å². The maximum atomic E-state index is 10.3. The minimum Gasteiger partial charge on any atom is -0.366 e. The fourth-order valence-electron chi connectivity index (χ4n) is 0.365. The van der Waals surface area contributed by atoms with Gasteiger partial charge in [-0.25, -0.2) is 0 Å². The second-order valence-corrected chi connectivity index (χ2v) is 1.77. The molecule has 2 N–H and O–H groups in total. The van der Waals surface area contributed by atoms with Gasteiger partial charge in [0.2, 0.25) is 5.91 Å². The topological polar surface area (TPSA) is 43.1 Å². The van der Waals surface area contributed by atoms with E-state index >= 15 is 0 Å². The summed E-state index contributed by atoms with van der Waals surface area (Å²) in [6, 6.07) is 0. The third-order valence-corrected chi connectivity index (χ3v) is 0.917. The maximum absolute atomic E-state index is 10.3. The van der Waals surface area contributed by atoms with Crippen LogP contribution in [0.3, 0.4) is 0 Å². The summed E-state index contributed by atoms with van der Waals surface area (Å²) in [6.07, 6.45) is 6.94. The number of carbonyl (C=O) groups excluding carboxylic acids is 1. The van der Waals surface area contributed by atoms with Gasteiger partial charge in [0.15, 0.2) is 0 Å². The highest BCUT2D eigenvalue weighted by molar-refractivity contribution is 5.94. The summed E-state index contributed by atoms with van der Waals surface area (Å²) in [4.78, 5) is 10.3. The van der Waals surface area contributed by atoms with Crippen molar-refractivity contribution >= 4 is 5.91 Å². The zero-order valence-corrected chi connectivity index (χ0v) is 6.00. The smallest absolute Gasteiger partial charge is 0.248 e. The number of allylic oxidation sites excluding steroid dienone is 3. The number of primary amides is 1. The van der Waals surface area contributed by atoms with E-state index in [9.17, 15) is 4.79 Å². The molecule has 0 saturated heterocycles. The first-order valence-electron chi connectivity index (χ1n) is 2.96. The number of rotatable bonds is 3. The van der Waals surface area contributed by atoms with Crippen molar-refractivity contribution in [2.24, 2.45) is 5.73 Å². The normalized spacial score (nSPS) is 10.9. The van der Waals surface area contributed by atoms with Crippen LogP contribution in [0.25, 0.3) is 0 Å². The van der Waals surface area contributed by atoms with Crippen LogP contribution in [0.4, 0.5) is 0 Å². The first-order valence-corrected chi connectivity index (χ1v) is 2.96.